The topological polar surface area (TPSA) is 38.2 Å². The summed E-state index contributed by atoms with van der Waals surface area (Å²) < 4.78 is 18.6. The number of anilines is 1. The van der Waals surface area contributed by atoms with Crippen molar-refractivity contribution in [2.24, 2.45) is 5.92 Å². The van der Waals surface area contributed by atoms with Gasteiger partial charge >= 0.3 is 0 Å². The van der Waals surface area contributed by atoms with Crippen LogP contribution in [0.15, 0.2) is 42.7 Å². The number of hydrogen-bond acceptors (Lipinski definition) is 4. The number of ether oxygens (including phenoxy) is 1. The van der Waals surface area contributed by atoms with Crippen molar-refractivity contribution in [1.82, 2.24) is 9.97 Å². The Bertz CT molecular complexity index is 591. The molecule has 1 aromatic heterocycles. The Labute approximate surface area is 130 Å². The van der Waals surface area contributed by atoms with E-state index in [-0.39, 0.29) is 6.10 Å². The quantitative estimate of drug-likeness (QED) is 0.870. The lowest BCUT2D eigenvalue weighted by Gasteiger charge is -2.38. The molecule has 2 aromatic rings. The smallest absolute Gasteiger partial charge is 0.225 e. The first-order chi connectivity index (χ1) is 10.8. The summed E-state index contributed by atoms with van der Waals surface area (Å²) in [5, 5.41) is 0. The van der Waals surface area contributed by atoms with E-state index in [1.54, 1.807) is 7.11 Å². The molecule has 4 nitrogen and oxygen atoms in total. The fraction of sp³-hybridized carbons (Fsp3) is 0.412. The minimum absolute atomic E-state index is 0.233. The van der Waals surface area contributed by atoms with Gasteiger partial charge in [0.05, 0.1) is 18.5 Å². The molecule has 0 radical (unpaired) electrons. The molecule has 0 aliphatic carbocycles. The number of aromatic nitrogens is 2. The van der Waals surface area contributed by atoms with Crippen LogP contribution in [0.3, 0.4) is 0 Å². The van der Waals surface area contributed by atoms with Crippen LogP contribution >= 0.6 is 0 Å². The van der Waals surface area contributed by atoms with Gasteiger partial charge in [-0.3, -0.25) is 0 Å². The summed E-state index contributed by atoms with van der Waals surface area (Å²) in [6.07, 6.45) is 4.55. The fourth-order valence-corrected chi connectivity index (χ4v) is 3.08. The molecule has 1 fully saturated rings. The van der Waals surface area contributed by atoms with Gasteiger partial charge in [-0.15, -0.1) is 0 Å². The summed E-state index contributed by atoms with van der Waals surface area (Å²) in [6.45, 7) is 1.65. The van der Waals surface area contributed by atoms with E-state index < -0.39 is 5.82 Å². The lowest BCUT2D eigenvalue weighted by atomic mass is 9.88. The second-order valence-electron chi connectivity index (χ2n) is 5.66. The van der Waals surface area contributed by atoms with Crippen molar-refractivity contribution < 1.29 is 9.13 Å². The van der Waals surface area contributed by atoms with Gasteiger partial charge in [0.15, 0.2) is 5.82 Å². The highest BCUT2D eigenvalue weighted by Crippen LogP contribution is 2.25. The first-order valence-electron chi connectivity index (χ1n) is 7.55. The van der Waals surface area contributed by atoms with Gasteiger partial charge in [-0.25, -0.2) is 14.4 Å². The summed E-state index contributed by atoms with van der Waals surface area (Å²) in [5.74, 6) is 0.556. The molecule has 2 atom stereocenters. The minimum Gasteiger partial charge on any atom is -0.381 e. The molecule has 1 saturated heterocycles. The van der Waals surface area contributed by atoms with Gasteiger partial charge in [0.2, 0.25) is 5.95 Å². The summed E-state index contributed by atoms with van der Waals surface area (Å²) in [6, 6.07) is 10.4. The molecule has 1 aromatic carbocycles. The molecule has 0 unspecified atom stereocenters. The van der Waals surface area contributed by atoms with Gasteiger partial charge in [0.25, 0.3) is 0 Å². The summed E-state index contributed by atoms with van der Waals surface area (Å²) in [4.78, 5) is 10.3. The lowest BCUT2D eigenvalue weighted by molar-refractivity contribution is 0.0374. The Morgan fingerprint density at radius 1 is 1.23 bits per heavy atom. The van der Waals surface area contributed by atoms with Gasteiger partial charge in [0, 0.05) is 26.1 Å². The third kappa shape index (κ3) is 3.42. The van der Waals surface area contributed by atoms with Gasteiger partial charge < -0.3 is 9.64 Å². The monoisotopic (exact) mass is 301 g/mol. The maximum atomic E-state index is 13.0. The zero-order valence-electron chi connectivity index (χ0n) is 12.7. The fourth-order valence-electron chi connectivity index (χ4n) is 3.08. The average molecular weight is 301 g/mol. The van der Waals surface area contributed by atoms with E-state index in [0.717, 1.165) is 25.9 Å². The molecule has 0 saturated carbocycles. The number of methoxy groups -OCH3 is 1. The molecule has 0 amide bonds. The summed E-state index contributed by atoms with van der Waals surface area (Å²) in [5.41, 5.74) is 1.30. The van der Waals surface area contributed by atoms with Gasteiger partial charge in [-0.1, -0.05) is 30.3 Å². The normalized spacial score (nSPS) is 21.8. The van der Waals surface area contributed by atoms with Crippen molar-refractivity contribution in [2.45, 2.75) is 18.9 Å². The van der Waals surface area contributed by atoms with Crippen molar-refractivity contribution in [3.05, 3.63) is 54.1 Å². The second kappa shape index (κ2) is 6.83. The molecular formula is C17H20FN3O. The van der Waals surface area contributed by atoms with E-state index in [0.29, 0.717) is 11.9 Å². The largest absolute Gasteiger partial charge is 0.381 e. The van der Waals surface area contributed by atoms with Crippen molar-refractivity contribution in [1.29, 1.82) is 0 Å². The van der Waals surface area contributed by atoms with Crippen molar-refractivity contribution in [3.63, 3.8) is 0 Å². The van der Waals surface area contributed by atoms with E-state index in [4.69, 9.17) is 4.74 Å². The average Bonchev–Trinajstić information content (AvgIpc) is 2.56. The number of benzene rings is 1. The van der Waals surface area contributed by atoms with Crippen LogP contribution in [-0.2, 0) is 11.2 Å². The van der Waals surface area contributed by atoms with E-state index in [2.05, 4.69) is 39.1 Å². The molecule has 0 N–H and O–H groups in total. The maximum Gasteiger partial charge on any atom is 0.225 e. The van der Waals surface area contributed by atoms with Gasteiger partial charge in [-0.05, 0) is 18.4 Å². The highest BCUT2D eigenvalue weighted by atomic mass is 19.1. The van der Waals surface area contributed by atoms with E-state index >= 15 is 0 Å². The third-order valence-electron chi connectivity index (χ3n) is 4.20. The number of rotatable bonds is 4. The van der Waals surface area contributed by atoms with Crippen molar-refractivity contribution in [3.8, 4) is 0 Å². The maximum absolute atomic E-state index is 13.0. The van der Waals surface area contributed by atoms with Crippen LogP contribution in [0.25, 0.3) is 0 Å². The van der Waals surface area contributed by atoms with Crippen molar-refractivity contribution >= 4 is 5.95 Å². The van der Waals surface area contributed by atoms with Crippen molar-refractivity contribution in [2.75, 3.05) is 25.1 Å². The van der Waals surface area contributed by atoms with Gasteiger partial charge in [0.1, 0.15) is 0 Å². The second-order valence-corrected chi connectivity index (χ2v) is 5.66. The predicted molar refractivity (Wildman–Crippen MR) is 83.3 cm³/mol. The standard InChI is InChI=1S/C17H20FN3O/c1-22-16-7-8-21(17-19-10-15(18)11-20-17)12-14(16)9-13-5-3-2-4-6-13/h2-6,10-11,14,16H,7-9,12H2,1H3/t14-,16-/m1/s1. The Morgan fingerprint density at radius 2 is 1.95 bits per heavy atom. The summed E-state index contributed by atoms with van der Waals surface area (Å²) >= 11 is 0. The molecule has 3 rings (SSSR count). The minimum atomic E-state index is -0.406. The number of piperidine rings is 1. The van der Waals surface area contributed by atoms with Crippen LogP contribution in [-0.4, -0.2) is 36.3 Å². The predicted octanol–water partition coefficient (Wildman–Crippen LogP) is 2.70. The number of halogens is 1. The van der Waals surface area contributed by atoms with Crippen LogP contribution < -0.4 is 4.90 Å². The Balaban J connectivity index is 1.73. The van der Waals surface area contributed by atoms with E-state index in [1.165, 1.54) is 18.0 Å². The molecular weight excluding hydrogens is 281 g/mol. The molecule has 2 heterocycles. The molecule has 1 aliphatic rings. The van der Waals surface area contributed by atoms with E-state index in [9.17, 15) is 4.39 Å². The Morgan fingerprint density at radius 3 is 2.64 bits per heavy atom. The van der Waals surface area contributed by atoms with Crippen LogP contribution in [0.4, 0.5) is 10.3 Å². The lowest BCUT2D eigenvalue weighted by Crippen LogP contribution is -2.45. The molecule has 0 bridgehead atoms. The van der Waals surface area contributed by atoms with Crippen LogP contribution in [0.1, 0.15) is 12.0 Å². The third-order valence-corrected chi connectivity index (χ3v) is 4.20. The molecule has 22 heavy (non-hydrogen) atoms. The highest BCUT2D eigenvalue weighted by Gasteiger charge is 2.30. The highest BCUT2D eigenvalue weighted by molar-refractivity contribution is 5.30. The number of nitrogens with zero attached hydrogens (tertiary/aromatic N) is 3. The zero-order valence-corrected chi connectivity index (χ0v) is 12.7. The van der Waals surface area contributed by atoms with Crippen LogP contribution in [0.2, 0.25) is 0 Å². The molecule has 116 valence electrons. The van der Waals surface area contributed by atoms with Crippen LogP contribution in [0.5, 0.6) is 0 Å². The SMILES string of the molecule is CO[C@@H]1CCN(c2ncc(F)cn2)C[C@H]1Cc1ccccc1. The van der Waals surface area contributed by atoms with Crippen LogP contribution in [0, 0.1) is 11.7 Å². The molecule has 0 spiro atoms. The molecule has 5 heteroatoms. The Kier molecular flexibility index (Phi) is 4.63. The zero-order chi connectivity index (χ0) is 15.4. The van der Waals surface area contributed by atoms with E-state index in [1.807, 2.05) is 6.07 Å². The number of hydrogen-bond donors (Lipinski definition) is 0. The first kappa shape index (κ1) is 14.9. The molecule has 1 aliphatic heterocycles. The van der Waals surface area contributed by atoms with Gasteiger partial charge in [-0.2, -0.15) is 0 Å². The Hall–Kier alpha value is -2.01. The first-order valence-corrected chi connectivity index (χ1v) is 7.55. The summed E-state index contributed by atoms with van der Waals surface area (Å²) in [7, 11) is 1.77.